The van der Waals surface area contributed by atoms with Crippen LogP contribution in [0.3, 0.4) is 0 Å². The van der Waals surface area contributed by atoms with Gasteiger partial charge in [0.25, 0.3) is 0 Å². The molecule has 186 valence electrons. The first-order valence-corrected chi connectivity index (χ1v) is 14.1. The van der Waals surface area contributed by atoms with Crippen molar-refractivity contribution in [2.24, 2.45) is 5.92 Å². The van der Waals surface area contributed by atoms with Crippen LogP contribution in [-0.2, 0) is 14.8 Å². The number of para-hydroxylation sites is 1. The predicted molar refractivity (Wildman–Crippen MR) is 137 cm³/mol. The summed E-state index contributed by atoms with van der Waals surface area (Å²) in [6.45, 7) is 6.73. The monoisotopic (exact) mass is 487 g/mol. The molecule has 0 amide bonds. The zero-order chi connectivity index (χ0) is 24.1. The van der Waals surface area contributed by atoms with Crippen molar-refractivity contribution in [3.05, 3.63) is 30.6 Å². The first kappa shape index (κ1) is 24.9. The fraction of sp³-hybridized carbons (Fsp3) is 0.600. The molecule has 8 nitrogen and oxygen atoms in total. The Hall–Kier alpha value is -2.23. The van der Waals surface area contributed by atoms with E-state index >= 15 is 0 Å². The summed E-state index contributed by atoms with van der Waals surface area (Å²) in [7, 11) is -3.09. The van der Waals surface area contributed by atoms with E-state index in [9.17, 15) is 8.42 Å². The molecule has 9 heteroatoms. The SMILES string of the molecule is CCCCS(=O)(=O)N1CCC(CCOCC(CC)n2cnc3c(N)nc4ccccc4c32)CC1. The summed E-state index contributed by atoms with van der Waals surface area (Å²) >= 11 is 0. The highest BCUT2D eigenvalue weighted by molar-refractivity contribution is 7.89. The summed E-state index contributed by atoms with van der Waals surface area (Å²) < 4.78 is 34.8. The van der Waals surface area contributed by atoms with Gasteiger partial charge >= 0.3 is 0 Å². The maximum atomic E-state index is 12.4. The summed E-state index contributed by atoms with van der Waals surface area (Å²) in [5.74, 6) is 1.24. The van der Waals surface area contributed by atoms with Crippen molar-refractivity contribution in [3.8, 4) is 0 Å². The average molecular weight is 488 g/mol. The first-order chi connectivity index (χ1) is 16.4. The van der Waals surface area contributed by atoms with Gasteiger partial charge < -0.3 is 15.0 Å². The number of ether oxygens (including phenoxy) is 1. The highest BCUT2D eigenvalue weighted by Crippen LogP contribution is 2.30. The van der Waals surface area contributed by atoms with E-state index in [0.717, 1.165) is 60.5 Å². The maximum Gasteiger partial charge on any atom is 0.214 e. The average Bonchev–Trinajstić information content (AvgIpc) is 3.29. The van der Waals surface area contributed by atoms with E-state index in [1.165, 1.54) is 0 Å². The molecule has 0 spiro atoms. The molecule has 2 aromatic heterocycles. The van der Waals surface area contributed by atoms with Crippen LogP contribution in [0.2, 0.25) is 0 Å². The summed E-state index contributed by atoms with van der Waals surface area (Å²) in [6.07, 6.45) is 7.19. The molecule has 1 atom stereocenters. The number of hydrogen-bond acceptors (Lipinski definition) is 6. The van der Waals surface area contributed by atoms with Gasteiger partial charge in [-0.15, -0.1) is 0 Å². The van der Waals surface area contributed by atoms with E-state index in [0.29, 0.717) is 38.0 Å². The predicted octanol–water partition coefficient (Wildman–Crippen LogP) is 4.37. The molecule has 1 aromatic carbocycles. The van der Waals surface area contributed by atoms with Crippen LogP contribution in [0.1, 0.15) is 58.4 Å². The van der Waals surface area contributed by atoms with E-state index in [-0.39, 0.29) is 11.8 Å². The number of benzene rings is 1. The van der Waals surface area contributed by atoms with Gasteiger partial charge in [-0.3, -0.25) is 0 Å². The number of anilines is 1. The van der Waals surface area contributed by atoms with Crippen LogP contribution in [0, 0.1) is 5.92 Å². The number of rotatable bonds is 11. The van der Waals surface area contributed by atoms with E-state index in [4.69, 9.17) is 10.5 Å². The molecule has 1 unspecified atom stereocenters. The number of sulfonamides is 1. The fourth-order valence-electron chi connectivity index (χ4n) is 4.84. The van der Waals surface area contributed by atoms with Gasteiger partial charge in [0.2, 0.25) is 10.0 Å². The highest BCUT2D eigenvalue weighted by Gasteiger charge is 2.27. The third-order valence-corrected chi connectivity index (χ3v) is 8.96. The van der Waals surface area contributed by atoms with Crippen molar-refractivity contribution >= 4 is 37.8 Å². The van der Waals surface area contributed by atoms with Gasteiger partial charge in [0.15, 0.2) is 5.82 Å². The Morgan fingerprint density at radius 1 is 1.21 bits per heavy atom. The topological polar surface area (TPSA) is 103 Å². The lowest BCUT2D eigenvalue weighted by molar-refractivity contribution is 0.0847. The standard InChI is InChI=1S/C25H37N5O3S/c1-3-5-16-34(31,32)29-13-10-19(11-14-29)12-15-33-17-20(4-2)30-18-27-23-24(30)21-8-6-7-9-22(21)28-25(23)26/h6-9,18-20H,3-5,10-17H2,1-2H3,(H2,26,28). The third kappa shape index (κ3) is 5.37. The van der Waals surface area contributed by atoms with Gasteiger partial charge in [-0.05, 0) is 44.1 Å². The molecule has 0 saturated carbocycles. The number of imidazole rings is 1. The summed E-state index contributed by atoms with van der Waals surface area (Å²) in [5.41, 5.74) is 8.79. The Morgan fingerprint density at radius 2 is 1.97 bits per heavy atom. The van der Waals surface area contributed by atoms with E-state index in [1.807, 2.05) is 31.5 Å². The molecular weight excluding hydrogens is 450 g/mol. The minimum Gasteiger partial charge on any atom is -0.382 e. The molecule has 1 aliphatic heterocycles. The van der Waals surface area contributed by atoms with Crippen LogP contribution in [-0.4, -0.2) is 59.3 Å². The lowest BCUT2D eigenvalue weighted by Crippen LogP contribution is -2.39. The van der Waals surface area contributed by atoms with Gasteiger partial charge in [0.1, 0.15) is 5.52 Å². The van der Waals surface area contributed by atoms with Crippen molar-refractivity contribution in [3.63, 3.8) is 0 Å². The van der Waals surface area contributed by atoms with Crippen LogP contribution >= 0.6 is 0 Å². The van der Waals surface area contributed by atoms with Crippen LogP contribution in [0.15, 0.2) is 30.6 Å². The molecular formula is C25H37N5O3S. The number of aromatic nitrogens is 3. The molecule has 4 rings (SSSR count). The van der Waals surface area contributed by atoms with Crippen molar-refractivity contribution < 1.29 is 13.2 Å². The van der Waals surface area contributed by atoms with Gasteiger partial charge in [-0.25, -0.2) is 22.7 Å². The molecule has 1 fully saturated rings. The number of unbranched alkanes of at least 4 members (excludes halogenated alkanes) is 1. The molecule has 3 aromatic rings. The van der Waals surface area contributed by atoms with Gasteiger partial charge in [-0.1, -0.05) is 38.5 Å². The largest absolute Gasteiger partial charge is 0.382 e. The Balaban J connectivity index is 1.32. The zero-order valence-electron chi connectivity index (χ0n) is 20.3. The number of nitrogen functional groups attached to an aromatic ring is 1. The van der Waals surface area contributed by atoms with Crippen LogP contribution in [0.4, 0.5) is 5.82 Å². The molecule has 3 heterocycles. The Labute approximate surface area is 202 Å². The van der Waals surface area contributed by atoms with Gasteiger partial charge in [0.05, 0.1) is 35.8 Å². The van der Waals surface area contributed by atoms with E-state index in [1.54, 1.807) is 4.31 Å². The number of pyridine rings is 1. The minimum atomic E-state index is -3.09. The molecule has 1 aliphatic rings. The van der Waals surface area contributed by atoms with Crippen molar-refractivity contribution in [2.45, 2.75) is 58.4 Å². The second-order valence-electron chi connectivity index (χ2n) is 9.30. The summed E-state index contributed by atoms with van der Waals surface area (Å²) in [5, 5.41) is 1.04. The van der Waals surface area contributed by atoms with Gasteiger partial charge in [-0.2, -0.15) is 0 Å². The number of hydrogen-bond donors (Lipinski definition) is 1. The second-order valence-corrected chi connectivity index (χ2v) is 11.4. The fourth-order valence-corrected chi connectivity index (χ4v) is 6.52. The van der Waals surface area contributed by atoms with E-state index < -0.39 is 10.0 Å². The summed E-state index contributed by atoms with van der Waals surface area (Å²) in [4.78, 5) is 9.04. The lowest BCUT2D eigenvalue weighted by atomic mass is 9.95. The van der Waals surface area contributed by atoms with Crippen molar-refractivity contribution in [1.29, 1.82) is 0 Å². The molecule has 34 heavy (non-hydrogen) atoms. The zero-order valence-corrected chi connectivity index (χ0v) is 21.1. The summed E-state index contributed by atoms with van der Waals surface area (Å²) in [6, 6.07) is 8.16. The second kappa shape index (κ2) is 11.0. The molecule has 0 bridgehead atoms. The van der Waals surface area contributed by atoms with Crippen LogP contribution < -0.4 is 5.73 Å². The first-order valence-electron chi connectivity index (χ1n) is 12.5. The quantitative estimate of drug-likeness (QED) is 0.403. The van der Waals surface area contributed by atoms with E-state index in [2.05, 4.69) is 27.5 Å². The van der Waals surface area contributed by atoms with Crippen molar-refractivity contribution in [1.82, 2.24) is 18.8 Å². The third-order valence-electron chi connectivity index (χ3n) is 7.00. The number of nitrogens with two attached hydrogens (primary N) is 1. The molecule has 2 N–H and O–H groups in total. The smallest absolute Gasteiger partial charge is 0.214 e. The highest BCUT2D eigenvalue weighted by atomic mass is 32.2. The number of fused-ring (bicyclic) bond motifs is 3. The van der Waals surface area contributed by atoms with Crippen LogP contribution in [0.5, 0.6) is 0 Å². The molecule has 0 aliphatic carbocycles. The van der Waals surface area contributed by atoms with Crippen LogP contribution in [0.25, 0.3) is 21.9 Å². The minimum absolute atomic E-state index is 0.153. The van der Waals surface area contributed by atoms with Gasteiger partial charge in [0, 0.05) is 25.1 Å². The molecule has 1 saturated heterocycles. The Morgan fingerprint density at radius 3 is 2.71 bits per heavy atom. The number of nitrogens with zero attached hydrogens (tertiary/aromatic N) is 4. The normalized spacial score (nSPS) is 17.0. The lowest BCUT2D eigenvalue weighted by Gasteiger charge is -2.31. The van der Waals surface area contributed by atoms with Crippen molar-refractivity contribution in [2.75, 3.05) is 37.8 Å². The maximum absolute atomic E-state index is 12.4. The Kier molecular flexibility index (Phi) is 8.06. The molecule has 0 radical (unpaired) electrons. The number of piperidine rings is 1. The Bertz CT molecular complexity index is 1200.